The van der Waals surface area contributed by atoms with E-state index in [1.807, 2.05) is 12.1 Å². The van der Waals surface area contributed by atoms with Crippen LogP contribution in [-0.4, -0.2) is 38.0 Å². The molecule has 1 aromatic rings. The van der Waals surface area contributed by atoms with Gasteiger partial charge >= 0.3 is 5.97 Å². The number of aryl methyl sites for hydroxylation is 1. The summed E-state index contributed by atoms with van der Waals surface area (Å²) in [7, 11) is -3.40. The van der Waals surface area contributed by atoms with Crippen molar-refractivity contribution >= 4 is 16.1 Å². The molecular formula is C16H24O6S. The van der Waals surface area contributed by atoms with Gasteiger partial charge in [0.15, 0.2) is 0 Å². The Labute approximate surface area is 137 Å². The maximum atomic E-state index is 11.4. The van der Waals surface area contributed by atoms with Crippen LogP contribution >= 0.6 is 0 Å². The zero-order chi connectivity index (χ0) is 17.7. The molecule has 0 aliphatic carbocycles. The molecule has 0 saturated carbocycles. The summed E-state index contributed by atoms with van der Waals surface area (Å²) in [6.45, 7) is 5.28. The van der Waals surface area contributed by atoms with Crippen molar-refractivity contribution in [2.45, 2.75) is 39.2 Å². The molecule has 0 spiro atoms. The average Bonchev–Trinajstić information content (AvgIpc) is 2.43. The number of rotatable bonds is 9. The highest BCUT2D eigenvalue weighted by molar-refractivity contribution is 7.85. The van der Waals surface area contributed by atoms with Gasteiger partial charge in [-0.15, -0.1) is 0 Å². The lowest BCUT2D eigenvalue weighted by Gasteiger charge is -2.30. The Morgan fingerprint density at radius 1 is 1.26 bits per heavy atom. The van der Waals surface area contributed by atoms with Gasteiger partial charge in [0, 0.05) is 5.92 Å². The number of hydrogen-bond acceptors (Lipinski definition) is 5. The first-order valence-electron chi connectivity index (χ1n) is 7.40. The van der Waals surface area contributed by atoms with Crippen LogP contribution in [0.15, 0.2) is 24.3 Å². The van der Waals surface area contributed by atoms with Crippen molar-refractivity contribution in [2.75, 3.05) is 12.9 Å². The van der Waals surface area contributed by atoms with Crippen molar-refractivity contribution in [3.8, 4) is 5.75 Å². The van der Waals surface area contributed by atoms with Gasteiger partial charge in [0.25, 0.3) is 10.1 Å². The Kier molecular flexibility index (Phi) is 6.58. The summed E-state index contributed by atoms with van der Waals surface area (Å²) >= 11 is 0. The van der Waals surface area contributed by atoms with Crippen LogP contribution in [0.2, 0.25) is 0 Å². The third-order valence-electron chi connectivity index (χ3n) is 3.69. The summed E-state index contributed by atoms with van der Waals surface area (Å²) in [5, 5.41) is 9.34. The fourth-order valence-corrected chi connectivity index (χ4v) is 2.28. The maximum absolute atomic E-state index is 11.4. The smallest absolute Gasteiger partial charge is 0.348 e. The minimum Gasteiger partial charge on any atom is -0.478 e. The van der Waals surface area contributed by atoms with Gasteiger partial charge in [0.05, 0.1) is 12.9 Å². The van der Waals surface area contributed by atoms with E-state index in [0.29, 0.717) is 18.6 Å². The van der Waals surface area contributed by atoms with Crippen LogP contribution < -0.4 is 4.74 Å². The molecule has 7 heteroatoms. The van der Waals surface area contributed by atoms with Gasteiger partial charge in [-0.25, -0.2) is 4.79 Å². The number of carboxylic acids is 1. The first kappa shape index (κ1) is 19.4. The van der Waals surface area contributed by atoms with E-state index in [4.69, 9.17) is 4.74 Å². The summed E-state index contributed by atoms with van der Waals surface area (Å²) in [4.78, 5) is 11.4. The summed E-state index contributed by atoms with van der Waals surface area (Å²) in [6.07, 6.45) is 2.26. The third kappa shape index (κ3) is 6.19. The average molecular weight is 344 g/mol. The van der Waals surface area contributed by atoms with E-state index in [9.17, 15) is 18.3 Å². The second kappa shape index (κ2) is 7.79. The zero-order valence-electron chi connectivity index (χ0n) is 13.9. The van der Waals surface area contributed by atoms with E-state index in [-0.39, 0.29) is 12.5 Å². The fraction of sp³-hybridized carbons (Fsp3) is 0.562. The second-order valence-corrected chi connectivity index (χ2v) is 7.59. The monoisotopic (exact) mass is 344 g/mol. The molecule has 0 aromatic heterocycles. The minimum absolute atomic E-state index is 0.140. The molecule has 0 fully saturated rings. The summed E-state index contributed by atoms with van der Waals surface area (Å²) in [5.41, 5.74) is -0.291. The van der Waals surface area contributed by atoms with Crippen molar-refractivity contribution in [1.82, 2.24) is 0 Å². The van der Waals surface area contributed by atoms with Crippen molar-refractivity contribution in [2.24, 2.45) is 5.92 Å². The summed E-state index contributed by atoms with van der Waals surface area (Å²) in [5.74, 6) is -0.706. The van der Waals surface area contributed by atoms with E-state index in [0.717, 1.165) is 11.8 Å². The number of carboxylic acid groups (broad SMARTS) is 1. The largest absolute Gasteiger partial charge is 0.478 e. The SMILES string of the molecule is CC(C)C(C)(Oc1ccc(CCCOS(C)(=O)=O)cc1)C(=O)O. The lowest BCUT2D eigenvalue weighted by atomic mass is 9.92. The molecule has 0 aliphatic rings. The Morgan fingerprint density at radius 3 is 2.26 bits per heavy atom. The highest BCUT2D eigenvalue weighted by Crippen LogP contribution is 2.26. The molecular weight excluding hydrogens is 320 g/mol. The van der Waals surface area contributed by atoms with E-state index >= 15 is 0 Å². The Morgan fingerprint density at radius 2 is 1.83 bits per heavy atom. The molecule has 1 aromatic carbocycles. The number of ether oxygens (including phenoxy) is 1. The van der Waals surface area contributed by atoms with Crippen LogP contribution in [0.1, 0.15) is 32.8 Å². The second-order valence-electron chi connectivity index (χ2n) is 5.94. The number of carbonyl (C=O) groups is 1. The van der Waals surface area contributed by atoms with Crippen LogP contribution in [-0.2, 0) is 25.5 Å². The van der Waals surface area contributed by atoms with Gasteiger partial charge in [-0.1, -0.05) is 26.0 Å². The Bertz CT molecular complexity index is 620. The molecule has 1 N–H and O–H groups in total. The number of benzene rings is 1. The van der Waals surface area contributed by atoms with Gasteiger partial charge in [0.1, 0.15) is 5.75 Å². The first-order valence-corrected chi connectivity index (χ1v) is 9.22. The van der Waals surface area contributed by atoms with Crippen molar-refractivity contribution in [3.63, 3.8) is 0 Å². The lowest BCUT2D eigenvalue weighted by molar-refractivity contribution is -0.157. The highest BCUT2D eigenvalue weighted by Gasteiger charge is 2.39. The highest BCUT2D eigenvalue weighted by atomic mass is 32.2. The number of aliphatic carboxylic acids is 1. The lowest BCUT2D eigenvalue weighted by Crippen LogP contribution is -2.46. The first-order chi connectivity index (χ1) is 10.5. The van der Waals surface area contributed by atoms with Crippen LogP contribution in [0.25, 0.3) is 0 Å². The molecule has 0 bridgehead atoms. The molecule has 0 aliphatic heterocycles. The van der Waals surface area contributed by atoms with Crippen LogP contribution in [0.3, 0.4) is 0 Å². The zero-order valence-corrected chi connectivity index (χ0v) is 14.7. The van der Waals surface area contributed by atoms with Crippen molar-refractivity contribution < 1.29 is 27.2 Å². The molecule has 0 heterocycles. The van der Waals surface area contributed by atoms with Crippen LogP contribution in [0, 0.1) is 5.92 Å². The van der Waals surface area contributed by atoms with Gasteiger partial charge in [-0.3, -0.25) is 4.18 Å². The third-order valence-corrected chi connectivity index (χ3v) is 4.28. The molecule has 1 unspecified atom stereocenters. The quantitative estimate of drug-likeness (QED) is 0.547. The maximum Gasteiger partial charge on any atom is 0.348 e. The van der Waals surface area contributed by atoms with Gasteiger partial charge in [0.2, 0.25) is 5.60 Å². The molecule has 1 rings (SSSR count). The molecule has 1 atom stereocenters. The van der Waals surface area contributed by atoms with Crippen LogP contribution in [0.5, 0.6) is 5.75 Å². The standard InChI is InChI=1S/C16H24O6S/c1-12(2)16(3,15(17)18)22-14-9-7-13(8-10-14)6-5-11-21-23(4,19)20/h7-10,12H,5-6,11H2,1-4H3,(H,17,18). The molecule has 0 saturated heterocycles. The topological polar surface area (TPSA) is 89.9 Å². The van der Waals surface area contributed by atoms with E-state index < -0.39 is 21.7 Å². The predicted molar refractivity (Wildman–Crippen MR) is 87.1 cm³/mol. The van der Waals surface area contributed by atoms with E-state index in [1.54, 1.807) is 32.9 Å². The molecule has 130 valence electrons. The van der Waals surface area contributed by atoms with Crippen molar-refractivity contribution in [1.29, 1.82) is 0 Å². The summed E-state index contributed by atoms with van der Waals surface area (Å²) in [6, 6.07) is 7.10. The van der Waals surface area contributed by atoms with E-state index in [1.165, 1.54) is 0 Å². The summed E-state index contributed by atoms with van der Waals surface area (Å²) < 4.78 is 32.0. The number of hydrogen-bond donors (Lipinski definition) is 1. The van der Waals surface area contributed by atoms with Gasteiger partial charge in [-0.05, 0) is 37.5 Å². The normalized spacial score (nSPS) is 14.5. The predicted octanol–water partition coefficient (Wildman–Crippen LogP) is 2.47. The van der Waals surface area contributed by atoms with E-state index in [2.05, 4.69) is 4.18 Å². The molecule has 6 nitrogen and oxygen atoms in total. The van der Waals surface area contributed by atoms with Crippen LogP contribution in [0.4, 0.5) is 0 Å². The Hall–Kier alpha value is -1.60. The molecule has 23 heavy (non-hydrogen) atoms. The minimum atomic E-state index is -3.40. The van der Waals surface area contributed by atoms with Crippen molar-refractivity contribution in [3.05, 3.63) is 29.8 Å². The Balaban J connectivity index is 2.61. The van der Waals surface area contributed by atoms with Gasteiger partial charge < -0.3 is 9.84 Å². The fourth-order valence-electron chi connectivity index (χ4n) is 1.86. The molecule has 0 amide bonds. The van der Waals surface area contributed by atoms with Gasteiger partial charge in [-0.2, -0.15) is 8.42 Å². The molecule has 0 radical (unpaired) electrons.